The summed E-state index contributed by atoms with van der Waals surface area (Å²) in [5.74, 6) is 0. The number of nitrogens with zero attached hydrogens (tertiary/aromatic N) is 2. The van der Waals surface area contributed by atoms with Crippen molar-refractivity contribution in [3.63, 3.8) is 0 Å². The topological polar surface area (TPSA) is 95.2 Å². The van der Waals surface area contributed by atoms with E-state index in [1.54, 1.807) is 5.38 Å². The molecule has 0 aliphatic carbocycles. The average Bonchev–Trinajstić information content (AvgIpc) is 2.32. The molecule has 1 rings (SSSR count). The van der Waals surface area contributed by atoms with Crippen molar-refractivity contribution >= 4 is 21.8 Å². The Hall–Kier alpha value is -0.570. The Morgan fingerprint density at radius 1 is 1.73 bits per heavy atom. The molecule has 1 heterocycles. The van der Waals surface area contributed by atoms with Gasteiger partial charge in [-0.2, -0.15) is 8.42 Å². The first kappa shape index (κ1) is 8.53. The molecule has 8 heteroatoms. The zero-order valence-corrected chi connectivity index (χ0v) is 6.93. The fourth-order valence-corrected chi connectivity index (χ4v) is 1.11. The molecule has 1 aromatic rings. The van der Waals surface area contributed by atoms with Crippen LogP contribution in [0.4, 0.5) is 0 Å². The van der Waals surface area contributed by atoms with Gasteiger partial charge in [-0.3, -0.25) is 4.18 Å². The minimum Gasteiger partial charge on any atom is -0.252 e. The molecule has 6 nitrogen and oxygen atoms in total. The number of hydrogen-bond acceptors (Lipinski definition) is 6. The summed E-state index contributed by atoms with van der Waals surface area (Å²) in [6.07, 6.45) is 0. The van der Waals surface area contributed by atoms with E-state index in [1.165, 1.54) is 0 Å². The Labute approximate surface area is 67.4 Å². The van der Waals surface area contributed by atoms with Crippen LogP contribution >= 0.6 is 11.5 Å². The van der Waals surface area contributed by atoms with Crippen molar-refractivity contribution in [2.24, 2.45) is 5.14 Å². The zero-order chi connectivity index (χ0) is 8.32. The fourth-order valence-electron chi connectivity index (χ4n) is 0.389. The highest BCUT2D eigenvalue weighted by atomic mass is 32.2. The van der Waals surface area contributed by atoms with Crippen LogP contribution in [0.15, 0.2) is 5.38 Å². The first-order chi connectivity index (χ1) is 5.08. The minimum absolute atomic E-state index is 0.157. The number of hydrogen-bond donors (Lipinski definition) is 1. The number of rotatable bonds is 3. The lowest BCUT2D eigenvalue weighted by molar-refractivity contribution is 0.304. The monoisotopic (exact) mass is 195 g/mol. The second-order valence-electron chi connectivity index (χ2n) is 1.65. The molecule has 0 aliphatic rings. The number of nitrogens with two attached hydrogens (primary N) is 1. The van der Waals surface area contributed by atoms with E-state index in [-0.39, 0.29) is 6.61 Å². The molecular formula is C3H5N3O3S2. The summed E-state index contributed by atoms with van der Waals surface area (Å²) in [6.45, 7) is -0.157. The Balaban J connectivity index is 2.48. The van der Waals surface area contributed by atoms with Gasteiger partial charge in [-0.05, 0) is 11.5 Å². The summed E-state index contributed by atoms with van der Waals surface area (Å²) in [4.78, 5) is 0. The lowest BCUT2D eigenvalue weighted by Crippen LogP contribution is -2.15. The maximum Gasteiger partial charge on any atom is 0.333 e. The lowest BCUT2D eigenvalue weighted by Gasteiger charge is -1.94. The van der Waals surface area contributed by atoms with E-state index < -0.39 is 10.3 Å². The van der Waals surface area contributed by atoms with Crippen molar-refractivity contribution < 1.29 is 12.6 Å². The van der Waals surface area contributed by atoms with E-state index in [9.17, 15) is 8.42 Å². The molecule has 0 aromatic carbocycles. The predicted octanol–water partition coefficient (Wildman–Crippen LogP) is -0.742. The van der Waals surface area contributed by atoms with Crippen LogP contribution in [0, 0.1) is 0 Å². The normalized spacial score (nSPS) is 11.7. The van der Waals surface area contributed by atoms with E-state index in [0.29, 0.717) is 5.69 Å². The molecule has 0 aliphatic heterocycles. The second kappa shape index (κ2) is 3.22. The van der Waals surface area contributed by atoms with E-state index in [4.69, 9.17) is 0 Å². The van der Waals surface area contributed by atoms with Gasteiger partial charge in [0.1, 0.15) is 12.3 Å². The molecule has 0 unspecified atom stereocenters. The largest absolute Gasteiger partial charge is 0.333 e. The molecule has 0 atom stereocenters. The van der Waals surface area contributed by atoms with E-state index in [1.807, 2.05) is 0 Å². The maximum atomic E-state index is 10.2. The Morgan fingerprint density at radius 2 is 2.45 bits per heavy atom. The van der Waals surface area contributed by atoms with Crippen LogP contribution < -0.4 is 5.14 Å². The summed E-state index contributed by atoms with van der Waals surface area (Å²) in [7, 11) is -3.86. The first-order valence-corrected chi connectivity index (χ1v) is 4.82. The molecule has 1 aromatic heterocycles. The molecule has 0 saturated heterocycles. The van der Waals surface area contributed by atoms with Crippen LogP contribution in [0.2, 0.25) is 0 Å². The van der Waals surface area contributed by atoms with Gasteiger partial charge in [-0.1, -0.05) is 4.49 Å². The standard InChI is InChI=1S/C3H5N3O3S2/c4-11(7,8)9-1-3-2-10-6-5-3/h2H,1H2,(H2,4,7,8). The molecule has 11 heavy (non-hydrogen) atoms. The summed E-state index contributed by atoms with van der Waals surface area (Å²) in [6, 6.07) is 0. The van der Waals surface area contributed by atoms with Crippen molar-refractivity contribution in [1.82, 2.24) is 9.59 Å². The van der Waals surface area contributed by atoms with Crippen molar-refractivity contribution in [1.29, 1.82) is 0 Å². The summed E-state index contributed by atoms with van der Waals surface area (Å²) < 4.78 is 28.2. The van der Waals surface area contributed by atoms with E-state index in [2.05, 4.69) is 18.9 Å². The summed E-state index contributed by atoms with van der Waals surface area (Å²) in [5, 5.41) is 9.67. The van der Waals surface area contributed by atoms with Crippen molar-refractivity contribution in [2.45, 2.75) is 6.61 Å². The van der Waals surface area contributed by atoms with Gasteiger partial charge in [0.15, 0.2) is 0 Å². The van der Waals surface area contributed by atoms with Crippen LogP contribution in [0.3, 0.4) is 0 Å². The maximum absolute atomic E-state index is 10.2. The third-order valence-electron chi connectivity index (χ3n) is 0.776. The van der Waals surface area contributed by atoms with Crippen LogP contribution in [-0.2, 0) is 21.1 Å². The fraction of sp³-hybridized carbons (Fsp3) is 0.333. The van der Waals surface area contributed by atoms with Gasteiger partial charge in [0.2, 0.25) is 0 Å². The van der Waals surface area contributed by atoms with Gasteiger partial charge in [0, 0.05) is 5.38 Å². The van der Waals surface area contributed by atoms with Crippen molar-refractivity contribution in [3.8, 4) is 0 Å². The van der Waals surface area contributed by atoms with Gasteiger partial charge in [-0.25, -0.2) is 5.14 Å². The molecule has 0 saturated carbocycles. The predicted molar refractivity (Wildman–Crippen MR) is 37.8 cm³/mol. The van der Waals surface area contributed by atoms with Crippen molar-refractivity contribution in [2.75, 3.05) is 0 Å². The Kier molecular flexibility index (Phi) is 2.49. The molecule has 0 spiro atoms. The van der Waals surface area contributed by atoms with Crippen LogP contribution in [0.1, 0.15) is 5.69 Å². The zero-order valence-electron chi connectivity index (χ0n) is 5.30. The molecule has 0 amide bonds. The molecule has 62 valence electrons. The third-order valence-corrected chi connectivity index (χ3v) is 1.78. The quantitative estimate of drug-likeness (QED) is 0.685. The number of aromatic nitrogens is 2. The first-order valence-electron chi connectivity index (χ1n) is 2.51. The van der Waals surface area contributed by atoms with Crippen molar-refractivity contribution in [3.05, 3.63) is 11.1 Å². The van der Waals surface area contributed by atoms with Crippen LogP contribution in [0.25, 0.3) is 0 Å². The van der Waals surface area contributed by atoms with Crippen LogP contribution in [-0.4, -0.2) is 18.0 Å². The summed E-state index contributed by atoms with van der Waals surface area (Å²) >= 11 is 1.11. The van der Waals surface area contributed by atoms with E-state index in [0.717, 1.165) is 11.5 Å². The highest BCUT2D eigenvalue weighted by molar-refractivity contribution is 7.84. The van der Waals surface area contributed by atoms with Crippen LogP contribution in [0.5, 0.6) is 0 Å². The summed E-state index contributed by atoms with van der Waals surface area (Å²) in [5.41, 5.74) is 0.448. The van der Waals surface area contributed by atoms with Gasteiger partial charge >= 0.3 is 10.3 Å². The minimum atomic E-state index is -3.86. The smallest absolute Gasteiger partial charge is 0.252 e. The second-order valence-corrected chi connectivity index (χ2v) is 3.48. The molecular weight excluding hydrogens is 190 g/mol. The average molecular weight is 195 g/mol. The van der Waals surface area contributed by atoms with E-state index >= 15 is 0 Å². The molecule has 0 bridgehead atoms. The SMILES string of the molecule is NS(=O)(=O)OCc1csnn1. The Bertz CT molecular complexity index is 305. The molecule has 0 radical (unpaired) electrons. The van der Waals surface area contributed by atoms with Gasteiger partial charge in [0.25, 0.3) is 0 Å². The van der Waals surface area contributed by atoms with Gasteiger partial charge in [-0.15, -0.1) is 5.10 Å². The molecule has 2 N–H and O–H groups in total. The lowest BCUT2D eigenvalue weighted by atomic mass is 10.6. The van der Waals surface area contributed by atoms with Gasteiger partial charge in [0.05, 0.1) is 0 Å². The highest BCUT2D eigenvalue weighted by Gasteiger charge is 2.03. The third kappa shape index (κ3) is 3.37. The highest BCUT2D eigenvalue weighted by Crippen LogP contribution is 1.99. The molecule has 0 fully saturated rings. The Morgan fingerprint density at radius 3 is 2.91 bits per heavy atom. The van der Waals surface area contributed by atoms with Gasteiger partial charge < -0.3 is 0 Å².